The van der Waals surface area contributed by atoms with E-state index in [2.05, 4.69) is 36.5 Å². The summed E-state index contributed by atoms with van der Waals surface area (Å²) in [5, 5.41) is 10.3. The van der Waals surface area contributed by atoms with Gasteiger partial charge in [-0.05, 0) is 18.9 Å². The van der Waals surface area contributed by atoms with E-state index in [9.17, 15) is 4.79 Å². The fourth-order valence-electron chi connectivity index (χ4n) is 1.60. The molecule has 2 N–H and O–H groups in total. The number of rotatable bonds is 6. The fourth-order valence-corrected chi connectivity index (χ4v) is 1.60. The van der Waals surface area contributed by atoms with Crippen LogP contribution in [-0.2, 0) is 11.8 Å². The van der Waals surface area contributed by atoms with E-state index in [0.717, 1.165) is 24.3 Å². The number of anilines is 1. The predicted octanol–water partition coefficient (Wildman–Crippen LogP) is 1.48. The summed E-state index contributed by atoms with van der Waals surface area (Å²) < 4.78 is 1.73. The molecule has 0 radical (unpaired) electrons. The number of nitrogens with one attached hydrogen (secondary N) is 2. The van der Waals surface area contributed by atoms with Gasteiger partial charge in [0.25, 0.3) is 0 Å². The molecule has 1 heterocycles. The summed E-state index contributed by atoms with van der Waals surface area (Å²) in [4.78, 5) is 11.7. The van der Waals surface area contributed by atoms with Crippen LogP contribution in [0.3, 0.4) is 0 Å². The van der Waals surface area contributed by atoms with Gasteiger partial charge in [0.05, 0.1) is 17.9 Å². The van der Waals surface area contributed by atoms with Crippen LogP contribution in [0.2, 0.25) is 0 Å². The zero-order valence-corrected chi connectivity index (χ0v) is 11.1. The van der Waals surface area contributed by atoms with Gasteiger partial charge in [0.1, 0.15) is 0 Å². The highest BCUT2D eigenvalue weighted by Crippen LogP contribution is 2.21. The lowest BCUT2D eigenvalue weighted by atomic mass is 10.1. The monoisotopic (exact) mass is 238 g/mol. The first-order valence-corrected chi connectivity index (χ1v) is 6.08. The molecule has 0 fully saturated rings. The van der Waals surface area contributed by atoms with Crippen LogP contribution in [0.1, 0.15) is 38.8 Å². The van der Waals surface area contributed by atoms with Crippen LogP contribution in [0.5, 0.6) is 0 Å². The number of aromatic nitrogens is 2. The van der Waals surface area contributed by atoms with Crippen molar-refractivity contribution in [3.8, 4) is 0 Å². The molecule has 0 aliphatic carbocycles. The predicted molar refractivity (Wildman–Crippen MR) is 69.1 cm³/mol. The Morgan fingerprint density at radius 1 is 1.53 bits per heavy atom. The van der Waals surface area contributed by atoms with Crippen molar-refractivity contribution in [2.75, 3.05) is 18.4 Å². The number of aryl methyl sites for hydroxylation is 1. The van der Waals surface area contributed by atoms with Crippen molar-refractivity contribution in [2.24, 2.45) is 7.05 Å². The van der Waals surface area contributed by atoms with Crippen LogP contribution in [0.15, 0.2) is 6.20 Å². The van der Waals surface area contributed by atoms with Gasteiger partial charge in [0.2, 0.25) is 5.91 Å². The highest BCUT2D eigenvalue weighted by atomic mass is 16.1. The van der Waals surface area contributed by atoms with E-state index < -0.39 is 0 Å². The number of carbonyl (C=O) groups excluding carboxylic acids is 1. The van der Waals surface area contributed by atoms with Gasteiger partial charge in [0.15, 0.2) is 0 Å². The third kappa shape index (κ3) is 4.19. The molecule has 1 aromatic heterocycles. The third-order valence-electron chi connectivity index (χ3n) is 2.39. The van der Waals surface area contributed by atoms with Crippen molar-refractivity contribution in [2.45, 2.75) is 33.1 Å². The minimum absolute atomic E-state index is 0.0200. The number of amides is 1. The summed E-state index contributed by atoms with van der Waals surface area (Å²) in [6, 6.07) is 0. The van der Waals surface area contributed by atoms with Gasteiger partial charge >= 0.3 is 0 Å². The second-order valence-electron chi connectivity index (χ2n) is 4.48. The maximum Gasteiger partial charge on any atom is 0.238 e. The molecule has 1 rings (SSSR count). The molecule has 1 aromatic rings. The molecule has 0 aliphatic rings. The number of hydrogen-bond acceptors (Lipinski definition) is 3. The summed E-state index contributed by atoms with van der Waals surface area (Å²) >= 11 is 0. The molecule has 5 nitrogen and oxygen atoms in total. The van der Waals surface area contributed by atoms with Crippen LogP contribution in [0.25, 0.3) is 0 Å². The highest BCUT2D eigenvalue weighted by molar-refractivity contribution is 5.92. The van der Waals surface area contributed by atoms with Crippen molar-refractivity contribution in [1.29, 1.82) is 0 Å². The maximum absolute atomic E-state index is 11.7. The van der Waals surface area contributed by atoms with E-state index in [1.54, 1.807) is 4.68 Å². The molecule has 96 valence electrons. The number of hydrogen-bond donors (Lipinski definition) is 2. The first-order valence-electron chi connectivity index (χ1n) is 6.08. The lowest BCUT2D eigenvalue weighted by Gasteiger charge is -2.07. The van der Waals surface area contributed by atoms with Crippen LogP contribution >= 0.6 is 0 Å². The van der Waals surface area contributed by atoms with Crippen LogP contribution in [-0.4, -0.2) is 28.8 Å². The van der Waals surface area contributed by atoms with Crippen LogP contribution < -0.4 is 10.6 Å². The van der Waals surface area contributed by atoms with Gasteiger partial charge in [-0.1, -0.05) is 20.8 Å². The Bertz CT molecular complexity index is 371. The summed E-state index contributed by atoms with van der Waals surface area (Å²) in [6.45, 7) is 7.40. The third-order valence-corrected chi connectivity index (χ3v) is 2.39. The van der Waals surface area contributed by atoms with Crippen LogP contribution in [0, 0.1) is 0 Å². The lowest BCUT2D eigenvalue weighted by molar-refractivity contribution is -0.115. The van der Waals surface area contributed by atoms with Gasteiger partial charge in [0, 0.05) is 13.2 Å². The fraction of sp³-hybridized carbons (Fsp3) is 0.667. The molecule has 0 saturated carbocycles. The molecule has 0 saturated heterocycles. The van der Waals surface area contributed by atoms with Crippen molar-refractivity contribution in [3.63, 3.8) is 0 Å². The number of nitrogens with zero attached hydrogens (tertiary/aromatic N) is 2. The summed E-state index contributed by atoms with van der Waals surface area (Å²) in [5.74, 6) is 0.281. The van der Waals surface area contributed by atoms with E-state index in [0.29, 0.717) is 12.5 Å². The van der Waals surface area contributed by atoms with E-state index in [-0.39, 0.29) is 5.91 Å². The van der Waals surface area contributed by atoms with Crippen molar-refractivity contribution in [1.82, 2.24) is 15.1 Å². The van der Waals surface area contributed by atoms with Gasteiger partial charge in [-0.2, -0.15) is 5.10 Å². The molecule has 0 unspecified atom stereocenters. The second kappa shape index (κ2) is 6.39. The van der Waals surface area contributed by atoms with Gasteiger partial charge in [-0.3, -0.25) is 9.48 Å². The smallest absolute Gasteiger partial charge is 0.238 e. The Hall–Kier alpha value is -1.36. The first kappa shape index (κ1) is 13.7. The SMILES string of the molecule is CCCNCC(=O)Nc1cn(C)nc1C(C)C. The minimum atomic E-state index is -0.0200. The minimum Gasteiger partial charge on any atom is -0.322 e. The molecule has 5 heteroatoms. The molecule has 0 aliphatic heterocycles. The molecule has 1 amide bonds. The van der Waals surface area contributed by atoms with E-state index >= 15 is 0 Å². The van der Waals surface area contributed by atoms with E-state index in [1.807, 2.05) is 13.2 Å². The maximum atomic E-state index is 11.7. The molecular weight excluding hydrogens is 216 g/mol. The Morgan fingerprint density at radius 3 is 2.82 bits per heavy atom. The van der Waals surface area contributed by atoms with Crippen LogP contribution in [0.4, 0.5) is 5.69 Å². The first-order chi connectivity index (χ1) is 8.04. The molecule has 0 spiro atoms. The zero-order valence-electron chi connectivity index (χ0n) is 11.1. The standard InChI is InChI=1S/C12H22N4O/c1-5-6-13-7-11(17)14-10-8-16(4)15-12(10)9(2)3/h8-9,13H,5-7H2,1-4H3,(H,14,17). The topological polar surface area (TPSA) is 59.0 Å². The average molecular weight is 238 g/mol. The molecule has 17 heavy (non-hydrogen) atoms. The Kier molecular flexibility index (Phi) is 5.15. The Morgan fingerprint density at radius 2 is 2.24 bits per heavy atom. The Balaban J connectivity index is 2.58. The van der Waals surface area contributed by atoms with E-state index in [1.165, 1.54) is 0 Å². The summed E-state index contributed by atoms with van der Waals surface area (Å²) in [7, 11) is 1.86. The molecule has 0 bridgehead atoms. The quantitative estimate of drug-likeness (QED) is 0.738. The number of carbonyl (C=O) groups is 1. The van der Waals surface area contributed by atoms with Gasteiger partial charge in [-0.25, -0.2) is 0 Å². The molecule has 0 aromatic carbocycles. The molecule has 0 atom stereocenters. The Labute approximate surface area is 103 Å². The van der Waals surface area contributed by atoms with Gasteiger partial charge in [-0.15, -0.1) is 0 Å². The van der Waals surface area contributed by atoms with Crippen molar-refractivity contribution >= 4 is 11.6 Å². The lowest BCUT2D eigenvalue weighted by Crippen LogP contribution is -2.28. The molecular formula is C12H22N4O. The zero-order chi connectivity index (χ0) is 12.8. The summed E-state index contributed by atoms with van der Waals surface area (Å²) in [5.41, 5.74) is 1.74. The average Bonchev–Trinajstić information content (AvgIpc) is 2.60. The van der Waals surface area contributed by atoms with E-state index in [4.69, 9.17) is 0 Å². The highest BCUT2D eigenvalue weighted by Gasteiger charge is 2.13. The van der Waals surface area contributed by atoms with Gasteiger partial charge < -0.3 is 10.6 Å². The normalized spacial score (nSPS) is 10.9. The summed E-state index contributed by atoms with van der Waals surface area (Å²) in [6.07, 6.45) is 2.87. The van der Waals surface area contributed by atoms with Crippen molar-refractivity contribution in [3.05, 3.63) is 11.9 Å². The largest absolute Gasteiger partial charge is 0.322 e. The second-order valence-corrected chi connectivity index (χ2v) is 4.48. The van der Waals surface area contributed by atoms with Crippen molar-refractivity contribution < 1.29 is 4.79 Å².